The van der Waals surface area contributed by atoms with Crippen LogP contribution < -0.4 is 0 Å². The number of rotatable bonds is 12. The molecule has 0 aliphatic heterocycles. The molecule has 4 atom stereocenters. The summed E-state index contributed by atoms with van der Waals surface area (Å²) in [6, 6.07) is 2.10. The first-order valence-corrected chi connectivity index (χ1v) is 17.7. The third-order valence-corrected chi connectivity index (χ3v) is 8.38. The predicted octanol–water partition coefficient (Wildman–Crippen LogP) is 3.40. The fourth-order valence-electron chi connectivity index (χ4n) is 2.37. The molecular weight excluding hydrogens is 448 g/mol. The second-order valence-electron chi connectivity index (χ2n) is 9.42. The first kappa shape index (κ1) is 25.5. The lowest BCUT2D eigenvalue weighted by Gasteiger charge is -2.36. The fraction of sp³-hybridized carbons (Fsp3) is 0.889. The molecule has 0 heterocycles. The van der Waals surface area contributed by atoms with E-state index in [0.717, 1.165) is 12.1 Å². The van der Waals surface area contributed by atoms with Gasteiger partial charge in [-0.1, -0.05) is 55.2 Å². The van der Waals surface area contributed by atoms with E-state index in [0.29, 0.717) is 17.7 Å². The van der Waals surface area contributed by atoms with Crippen LogP contribution in [0.15, 0.2) is 10.6 Å². The zero-order chi connectivity index (χ0) is 20.7. The Balaban J connectivity index is 2.48. The van der Waals surface area contributed by atoms with E-state index >= 15 is 0 Å². The second-order valence-corrected chi connectivity index (χ2v) is 21.6. The van der Waals surface area contributed by atoms with Crippen LogP contribution in [0, 0.1) is 0 Å². The maximum Gasteiger partial charge on any atom is 0.147 e. The maximum atomic E-state index is 10.3. The normalized spacial score (nSPS) is 26.9. The van der Waals surface area contributed by atoms with Crippen molar-refractivity contribution in [3.05, 3.63) is 10.6 Å². The van der Waals surface area contributed by atoms with Gasteiger partial charge in [0.1, 0.15) is 38.0 Å². The van der Waals surface area contributed by atoms with Crippen LogP contribution in [0.4, 0.5) is 0 Å². The van der Waals surface area contributed by atoms with Crippen LogP contribution in [-0.4, -0.2) is 77.6 Å². The van der Waals surface area contributed by atoms with E-state index in [1.807, 2.05) is 0 Å². The molecule has 0 aromatic carbocycles. The van der Waals surface area contributed by atoms with Crippen LogP contribution in [0.1, 0.15) is 0 Å². The predicted molar refractivity (Wildman–Crippen MR) is 117 cm³/mol. The standard InChI is InChI=1S/C18H37BrO6Si2/c1-26(2,3)9-7-22-12-24-17-14(19)11-15(20)16(21)18(17)25-13-23-8-10-27(4,5)6/h11,15-18,20-21H,7-10,12-13H2,1-6H3/t15-,16-,17-,18+/m1/s1. The molecule has 0 aromatic rings. The molecule has 2 N–H and O–H groups in total. The molecule has 0 spiro atoms. The molecule has 0 fully saturated rings. The van der Waals surface area contributed by atoms with Crippen molar-refractivity contribution in [2.45, 2.75) is 75.8 Å². The molecule has 0 aromatic heterocycles. The number of ether oxygens (including phenoxy) is 4. The molecule has 1 aliphatic carbocycles. The number of hydrogen-bond acceptors (Lipinski definition) is 6. The third kappa shape index (κ3) is 10.7. The molecule has 0 unspecified atom stereocenters. The van der Waals surface area contributed by atoms with E-state index in [1.165, 1.54) is 6.08 Å². The van der Waals surface area contributed by atoms with Crippen LogP contribution >= 0.6 is 15.9 Å². The van der Waals surface area contributed by atoms with E-state index in [-0.39, 0.29) is 13.6 Å². The summed E-state index contributed by atoms with van der Waals surface area (Å²) < 4.78 is 23.3. The summed E-state index contributed by atoms with van der Waals surface area (Å²) >= 11 is 3.41. The van der Waals surface area contributed by atoms with Crippen molar-refractivity contribution in [3.63, 3.8) is 0 Å². The minimum atomic E-state index is -1.16. The molecule has 0 amide bonds. The maximum absolute atomic E-state index is 10.3. The van der Waals surface area contributed by atoms with Crippen molar-refractivity contribution >= 4 is 32.1 Å². The van der Waals surface area contributed by atoms with Crippen LogP contribution in [0.2, 0.25) is 51.4 Å². The lowest BCUT2D eigenvalue weighted by Crippen LogP contribution is -2.50. The molecule has 0 saturated carbocycles. The first-order chi connectivity index (χ1) is 12.4. The molecule has 0 bridgehead atoms. The van der Waals surface area contributed by atoms with E-state index in [1.54, 1.807) is 0 Å². The highest BCUT2D eigenvalue weighted by Gasteiger charge is 2.40. The van der Waals surface area contributed by atoms with E-state index < -0.39 is 40.6 Å². The summed E-state index contributed by atoms with van der Waals surface area (Å²) in [4.78, 5) is 0. The summed E-state index contributed by atoms with van der Waals surface area (Å²) in [6.45, 7) is 15.2. The van der Waals surface area contributed by atoms with Crippen LogP contribution in [0.5, 0.6) is 0 Å². The Hall–Kier alpha value is 0.414. The van der Waals surface area contributed by atoms with Crippen molar-refractivity contribution in [1.29, 1.82) is 0 Å². The molecule has 9 heteroatoms. The minimum absolute atomic E-state index is 0.0511. The second kappa shape index (κ2) is 11.6. The molecule has 0 saturated heterocycles. The first-order valence-electron chi connectivity index (χ1n) is 9.53. The fourth-order valence-corrected chi connectivity index (χ4v) is 4.55. The lowest BCUT2D eigenvalue weighted by molar-refractivity contribution is -0.195. The summed E-state index contributed by atoms with van der Waals surface area (Å²) in [5.41, 5.74) is 0. The van der Waals surface area contributed by atoms with Crippen molar-refractivity contribution in [2.75, 3.05) is 26.8 Å². The lowest BCUT2D eigenvalue weighted by atomic mass is 9.96. The summed E-state index contributed by atoms with van der Waals surface area (Å²) in [7, 11) is -2.31. The zero-order valence-electron chi connectivity index (χ0n) is 17.5. The Kier molecular flexibility index (Phi) is 10.9. The Morgan fingerprint density at radius 1 is 0.889 bits per heavy atom. The van der Waals surface area contributed by atoms with Gasteiger partial charge < -0.3 is 29.2 Å². The zero-order valence-corrected chi connectivity index (χ0v) is 21.1. The molecule has 1 rings (SSSR count). The summed E-state index contributed by atoms with van der Waals surface area (Å²) in [6.07, 6.45) is -1.84. The van der Waals surface area contributed by atoms with Crippen molar-refractivity contribution in [3.8, 4) is 0 Å². The van der Waals surface area contributed by atoms with Gasteiger partial charge in [-0.3, -0.25) is 0 Å². The van der Waals surface area contributed by atoms with Crippen molar-refractivity contribution < 1.29 is 29.2 Å². The van der Waals surface area contributed by atoms with Crippen LogP contribution in [0.25, 0.3) is 0 Å². The third-order valence-electron chi connectivity index (χ3n) is 4.25. The summed E-state index contributed by atoms with van der Waals surface area (Å²) in [5, 5.41) is 20.3. The van der Waals surface area contributed by atoms with Crippen LogP contribution in [-0.2, 0) is 18.9 Å². The topological polar surface area (TPSA) is 77.4 Å². The van der Waals surface area contributed by atoms with Gasteiger partial charge in [0, 0.05) is 33.8 Å². The van der Waals surface area contributed by atoms with Crippen molar-refractivity contribution in [1.82, 2.24) is 0 Å². The smallest absolute Gasteiger partial charge is 0.147 e. The molecule has 6 nitrogen and oxygen atoms in total. The Morgan fingerprint density at radius 2 is 1.37 bits per heavy atom. The van der Waals surface area contributed by atoms with Crippen LogP contribution in [0.3, 0.4) is 0 Å². The number of halogens is 1. The Labute approximate surface area is 174 Å². The molecule has 160 valence electrons. The van der Waals surface area contributed by atoms with Gasteiger partial charge in [-0.15, -0.1) is 0 Å². The quantitative estimate of drug-likeness (QED) is 0.251. The number of aliphatic hydroxyl groups is 2. The van der Waals surface area contributed by atoms with Gasteiger partial charge in [-0.2, -0.15) is 0 Å². The number of hydrogen-bond donors (Lipinski definition) is 2. The van der Waals surface area contributed by atoms with Gasteiger partial charge in [0.15, 0.2) is 0 Å². The monoisotopic (exact) mass is 484 g/mol. The molecule has 0 radical (unpaired) electrons. The molecule has 27 heavy (non-hydrogen) atoms. The van der Waals surface area contributed by atoms with Gasteiger partial charge in [0.05, 0.1) is 0 Å². The van der Waals surface area contributed by atoms with Gasteiger partial charge in [0.2, 0.25) is 0 Å². The molecular formula is C18H37BrO6Si2. The Morgan fingerprint density at radius 3 is 1.85 bits per heavy atom. The molecule has 1 aliphatic rings. The van der Waals surface area contributed by atoms with Crippen molar-refractivity contribution in [2.24, 2.45) is 0 Å². The highest BCUT2D eigenvalue weighted by molar-refractivity contribution is 9.11. The van der Waals surface area contributed by atoms with Gasteiger partial charge in [0.25, 0.3) is 0 Å². The van der Waals surface area contributed by atoms with Gasteiger partial charge in [-0.25, -0.2) is 0 Å². The highest BCUT2D eigenvalue weighted by atomic mass is 79.9. The Bertz CT molecular complexity index is 464. The van der Waals surface area contributed by atoms with E-state index in [2.05, 4.69) is 55.2 Å². The average Bonchev–Trinajstić information content (AvgIpc) is 2.51. The SMILES string of the molecule is C[Si](C)(C)CCOCO[C@H]1[C@H](O)[C@H](O)C=C(Br)[C@H]1OCOCC[Si](C)(C)C. The highest BCUT2D eigenvalue weighted by Crippen LogP contribution is 2.29. The largest absolute Gasteiger partial charge is 0.387 e. The minimum Gasteiger partial charge on any atom is -0.387 e. The number of aliphatic hydroxyl groups excluding tert-OH is 2. The van der Waals surface area contributed by atoms with E-state index in [4.69, 9.17) is 18.9 Å². The van der Waals surface area contributed by atoms with Gasteiger partial charge >= 0.3 is 0 Å². The average molecular weight is 486 g/mol. The van der Waals surface area contributed by atoms with E-state index in [9.17, 15) is 10.2 Å². The summed E-state index contributed by atoms with van der Waals surface area (Å²) in [5.74, 6) is 0. The van der Waals surface area contributed by atoms with Gasteiger partial charge in [-0.05, 0) is 18.2 Å².